The second kappa shape index (κ2) is 8.82. The van der Waals surface area contributed by atoms with E-state index in [1.165, 1.54) is 21.9 Å². The molecule has 7 heteroatoms. The summed E-state index contributed by atoms with van der Waals surface area (Å²) in [5.74, 6) is -1.87. The van der Waals surface area contributed by atoms with Crippen molar-refractivity contribution in [2.45, 2.75) is 19.6 Å². The lowest BCUT2D eigenvalue weighted by molar-refractivity contribution is -0.134. The van der Waals surface area contributed by atoms with E-state index in [0.717, 1.165) is 11.6 Å². The molecule has 1 aliphatic rings. The van der Waals surface area contributed by atoms with E-state index in [4.69, 9.17) is 4.74 Å². The molecule has 0 saturated carbocycles. The van der Waals surface area contributed by atoms with Gasteiger partial charge in [-0.05, 0) is 29.7 Å². The van der Waals surface area contributed by atoms with Gasteiger partial charge in [-0.2, -0.15) is 0 Å². The monoisotopic (exact) mass is 388 g/mol. The minimum atomic E-state index is -0.677. The van der Waals surface area contributed by atoms with Gasteiger partial charge in [-0.1, -0.05) is 30.3 Å². The molecule has 3 rings (SSSR count). The molecule has 0 aromatic heterocycles. The zero-order valence-electron chi connectivity index (χ0n) is 15.6. The van der Waals surface area contributed by atoms with Gasteiger partial charge < -0.3 is 14.5 Å². The van der Waals surface area contributed by atoms with Crippen molar-refractivity contribution in [1.82, 2.24) is 9.80 Å². The molecule has 2 aromatic rings. The summed E-state index contributed by atoms with van der Waals surface area (Å²) in [5.41, 5.74) is 1.27. The van der Waals surface area contributed by atoms with Gasteiger partial charge >= 0.3 is 6.09 Å². The summed E-state index contributed by atoms with van der Waals surface area (Å²) in [6, 6.07) is 12.6. The first-order chi connectivity index (χ1) is 13.4. The topological polar surface area (TPSA) is 49.9 Å². The number of likely N-dealkylation sites (tertiary alicyclic amines) is 1. The highest BCUT2D eigenvalue weighted by Crippen LogP contribution is 2.21. The van der Waals surface area contributed by atoms with Crippen LogP contribution in [0.4, 0.5) is 13.6 Å². The molecule has 2 amide bonds. The number of halogens is 2. The molecule has 1 aliphatic heterocycles. The summed E-state index contributed by atoms with van der Waals surface area (Å²) in [4.78, 5) is 27.8. The maximum atomic E-state index is 13.3. The molecular weight excluding hydrogens is 366 g/mol. The zero-order valence-corrected chi connectivity index (χ0v) is 15.6. The Morgan fingerprint density at radius 2 is 1.79 bits per heavy atom. The standard InChI is InChI=1S/C21H22F2N2O3/c1-24(12-16-9-18(22)11-19(23)10-16)20(26)17-7-8-25(13-17)21(27)28-14-15-5-3-2-4-6-15/h2-6,9-11,17H,7-8,12-14H2,1H3. The minimum Gasteiger partial charge on any atom is -0.445 e. The number of benzene rings is 2. The summed E-state index contributed by atoms with van der Waals surface area (Å²) in [7, 11) is 1.58. The van der Waals surface area contributed by atoms with Crippen molar-refractivity contribution in [3.63, 3.8) is 0 Å². The average molecular weight is 388 g/mol. The highest BCUT2D eigenvalue weighted by molar-refractivity contribution is 5.80. The van der Waals surface area contributed by atoms with Crippen LogP contribution < -0.4 is 0 Å². The number of hydrogen-bond acceptors (Lipinski definition) is 3. The zero-order chi connectivity index (χ0) is 20.1. The fourth-order valence-electron chi connectivity index (χ4n) is 3.30. The van der Waals surface area contributed by atoms with Gasteiger partial charge in [-0.15, -0.1) is 0 Å². The van der Waals surface area contributed by atoms with E-state index >= 15 is 0 Å². The molecule has 0 radical (unpaired) electrons. The number of ether oxygens (including phenoxy) is 1. The van der Waals surface area contributed by atoms with Crippen molar-refractivity contribution in [2.24, 2.45) is 5.92 Å². The van der Waals surface area contributed by atoms with E-state index < -0.39 is 17.7 Å². The first-order valence-corrected chi connectivity index (χ1v) is 9.08. The van der Waals surface area contributed by atoms with Gasteiger partial charge in [0, 0.05) is 32.7 Å². The SMILES string of the molecule is CN(Cc1cc(F)cc(F)c1)C(=O)C1CCN(C(=O)OCc2ccccc2)C1. The number of amides is 2. The quantitative estimate of drug-likeness (QED) is 0.787. The largest absolute Gasteiger partial charge is 0.445 e. The number of rotatable bonds is 5. The van der Waals surface area contributed by atoms with Crippen LogP contribution in [0, 0.1) is 17.6 Å². The number of hydrogen-bond donors (Lipinski definition) is 0. The van der Waals surface area contributed by atoms with Crippen molar-refractivity contribution in [1.29, 1.82) is 0 Å². The lowest BCUT2D eigenvalue weighted by Gasteiger charge is -2.22. The molecule has 1 fully saturated rings. The number of carbonyl (C=O) groups is 2. The van der Waals surface area contributed by atoms with Crippen LogP contribution in [-0.2, 0) is 22.7 Å². The fraction of sp³-hybridized carbons (Fsp3) is 0.333. The van der Waals surface area contributed by atoms with Crippen molar-refractivity contribution in [2.75, 3.05) is 20.1 Å². The maximum absolute atomic E-state index is 13.3. The van der Waals surface area contributed by atoms with Crippen LogP contribution in [0.25, 0.3) is 0 Å². The summed E-state index contributed by atoms with van der Waals surface area (Å²) < 4.78 is 31.9. The minimum absolute atomic E-state index is 0.0997. The molecule has 2 aromatic carbocycles. The van der Waals surface area contributed by atoms with E-state index in [-0.39, 0.29) is 31.5 Å². The molecule has 0 N–H and O–H groups in total. The first kappa shape index (κ1) is 19.8. The van der Waals surface area contributed by atoms with Crippen LogP contribution in [0.5, 0.6) is 0 Å². The van der Waals surface area contributed by atoms with Crippen LogP contribution in [0.3, 0.4) is 0 Å². The van der Waals surface area contributed by atoms with Crippen molar-refractivity contribution in [3.8, 4) is 0 Å². The molecule has 1 unspecified atom stereocenters. The predicted octanol–water partition coefficient (Wildman–Crippen LogP) is 3.58. The third-order valence-corrected chi connectivity index (χ3v) is 4.72. The van der Waals surface area contributed by atoms with Gasteiger partial charge in [0.05, 0.1) is 5.92 Å². The normalized spacial score (nSPS) is 16.1. The van der Waals surface area contributed by atoms with Crippen molar-refractivity contribution < 1.29 is 23.1 Å². The van der Waals surface area contributed by atoms with Gasteiger partial charge in [-0.25, -0.2) is 13.6 Å². The Morgan fingerprint density at radius 1 is 1.11 bits per heavy atom. The van der Waals surface area contributed by atoms with Crippen molar-refractivity contribution >= 4 is 12.0 Å². The van der Waals surface area contributed by atoms with E-state index in [1.54, 1.807) is 7.05 Å². The summed E-state index contributed by atoms with van der Waals surface area (Å²) in [5, 5.41) is 0. The maximum Gasteiger partial charge on any atom is 0.410 e. The molecule has 28 heavy (non-hydrogen) atoms. The van der Waals surface area contributed by atoms with Crippen molar-refractivity contribution in [3.05, 3.63) is 71.3 Å². The second-order valence-corrected chi connectivity index (χ2v) is 6.94. The number of nitrogens with zero attached hydrogens (tertiary/aromatic N) is 2. The predicted molar refractivity (Wildman–Crippen MR) is 99.1 cm³/mol. The molecule has 0 spiro atoms. The molecule has 0 aliphatic carbocycles. The Hall–Kier alpha value is -2.96. The molecule has 148 valence electrons. The fourth-order valence-corrected chi connectivity index (χ4v) is 3.30. The summed E-state index contributed by atoms with van der Waals surface area (Å²) >= 11 is 0. The molecule has 1 heterocycles. The van der Waals surface area contributed by atoms with Crippen LogP contribution in [0.15, 0.2) is 48.5 Å². The third-order valence-electron chi connectivity index (χ3n) is 4.72. The van der Waals surface area contributed by atoms with Gasteiger partial charge in [0.25, 0.3) is 0 Å². The van der Waals surface area contributed by atoms with Crippen LogP contribution in [0.1, 0.15) is 17.5 Å². The van der Waals surface area contributed by atoms with Crippen LogP contribution >= 0.6 is 0 Å². The van der Waals surface area contributed by atoms with E-state index in [0.29, 0.717) is 18.5 Å². The summed E-state index contributed by atoms with van der Waals surface area (Å²) in [6.45, 7) is 0.989. The van der Waals surface area contributed by atoms with Crippen LogP contribution in [0.2, 0.25) is 0 Å². The first-order valence-electron chi connectivity index (χ1n) is 9.08. The van der Waals surface area contributed by atoms with Gasteiger partial charge in [-0.3, -0.25) is 4.79 Å². The third kappa shape index (κ3) is 5.06. The lowest BCUT2D eigenvalue weighted by Crippen LogP contribution is -2.35. The number of carbonyl (C=O) groups excluding carboxylic acids is 2. The van der Waals surface area contributed by atoms with Crippen LogP contribution in [-0.4, -0.2) is 41.9 Å². The van der Waals surface area contributed by atoms with E-state index in [1.807, 2.05) is 30.3 Å². The molecule has 1 saturated heterocycles. The highest BCUT2D eigenvalue weighted by Gasteiger charge is 2.33. The second-order valence-electron chi connectivity index (χ2n) is 6.94. The molecular formula is C21H22F2N2O3. The highest BCUT2D eigenvalue weighted by atomic mass is 19.1. The van der Waals surface area contributed by atoms with E-state index in [9.17, 15) is 18.4 Å². The van der Waals surface area contributed by atoms with E-state index in [2.05, 4.69) is 0 Å². The average Bonchev–Trinajstić information content (AvgIpc) is 3.15. The Labute approximate surface area is 162 Å². The smallest absolute Gasteiger partial charge is 0.410 e. The Balaban J connectivity index is 1.50. The summed E-state index contributed by atoms with van der Waals surface area (Å²) in [6.07, 6.45) is 0.0789. The Bertz CT molecular complexity index is 825. The Morgan fingerprint density at radius 3 is 2.46 bits per heavy atom. The van der Waals surface area contributed by atoms with Gasteiger partial charge in [0.15, 0.2) is 0 Å². The molecule has 5 nitrogen and oxygen atoms in total. The van der Waals surface area contributed by atoms with Gasteiger partial charge in [0.2, 0.25) is 5.91 Å². The van der Waals surface area contributed by atoms with Gasteiger partial charge in [0.1, 0.15) is 18.2 Å². The molecule has 1 atom stereocenters. The Kier molecular flexibility index (Phi) is 6.23. The lowest BCUT2D eigenvalue weighted by atomic mass is 10.1. The molecule has 0 bridgehead atoms.